The maximum absolute atomic E-state index is 13.9. The van der Waals surface area contributed by atoms with Gasteiger partial charge >= 0.3 is 0 Å². The van der Waals surface area contributed by atoms with Crippen molar-refractivity contribution < 1.29 is 4.39 Å². The summed E-state index contributed by atoms with van der Waals surface area (Å²) in [5, 5.41) is 4.90. The first-order valence-electron chi connectivity index (χ1n) is 9.02. The zero-order valence-corrected chi connectivity index (χ0v) is 18.5. The number of nitrogens with one attached hydrogen (secondary N) is 2. The maximum Gasteiger partial charge on any atom is 0.199 e. The summed E-state index contributed by atoms with van der Waals surface area (Å²) < 4.78 is 12.4. The summed E-state index contributed by atoms with van der Waals surface area (Å²) in [6.45, 7) is 2.05. The Morgan fingerprint density at radius 3 is 2.59 bits per heavy atom. The van der Waals surface area contributed by atoms with Crippen LogP contribution in [0.5, 0.6) is 0 Å². The van der Waals surface area contributed by atoms with E-state index in [1.807, 2.05) is 36.7 Å². The van der Waals surface area contributed by atoms with E-state index in [0.29, 0.717) is 17.3 Å². The van der Waals surface area contributed by atoms with Crippen LogP contribution in [0.1, 0.15) is 29.3 Å². The van der Waals surface area contributed by atoms with Gasteiger partial charge in [-0.3, -0.25) is 4.98 Å². The second-order valence-electron chi connectivity index (χ2n) is 6.89. The molecule has 4 heterocycles. The van der Waals surface area contributed by atoms with Gasteiger partial charge in [0, 0.05) is 43.1 Å². The lowest BCUT2D eigenvalue weighted by atomic mass is 10.1. The number of aromatic nitrogens is 4. The van der Waals surface area contributed by atoms with Crippen LogP contribution in [0.3, 0.4) is 0 Å². The largest absolute Gasteiger partial charge is 0.366 e. The number of H-pyrrole nitrogens is 1. The summed E-state index contributed by atoms with van der Waals surface area (Å²) >= 11 is 7.80. The molecule has 0 saturated heterocycles. The molecule has 2 N–H and O–H groups in total. The van der Waals surface area contributed by atoms with E-state index in [-0.39, 0.29) is 0 Å². The van der Waals surface area contributed by atoms with E-state index >= 15 is 0 Å². The van der Waals surface area contributed by atoms with Crippen LogP contribution in [-0.2, 0) is 16.6 Å². The number of aromatic amines is 1. The van der Waals surface area contributed by atoms with Gasteiger partial charge in [-0.15, -0.1) is 0 Å². The van der Waals surface area contributed by atoms with Gasteiger partial charge in [-0.1, -0.05) is 23.7 Å². The Balaban J connectivity index is 1.39. The lowest BCUT2D eigenvalue weighted by Crippen LogP contribution is -2.08. The monoisotopic (exact) mass is 521 g/mol. The molecular formula is C21H18ClFIN5. The molecule has 0 aliphatic heterocycles. The number of pyridine rings is 3. The van der Waals surface area contributed by atoms with Crippen molar-refractivity contribution in [3.63, 3.8) is 0 Å². The predicted molar refractivity (Wildman–Crippen MR) is 122 cm³/mol. The molecule has 0 spiro atoms. The van der Waals surface area contributed by atoms with Crippen molar-refractivity contribution in [2.24, 2.45) is 0 Å². The SMILES string of the molecule is CC(F)(I)c1ccc(CNc2ccc(Cc3c[nH]c4ncc(Cl)cc34)cn2)cn1. The molecular weight excluding hydrogens is 504 g/mol. The molecule has 0 fully saturated rings. The van der Waals surface area contributed by atoms with Crippen LogP contribution in [0, 0.1) is 0 Å². The third-order valence-electron chi connectivity index (χ3n) is 4.55. The van der Waals surface area contributed by atoms with Crippen LogP contribution in [0.15, 0.2) is 55.1 Å². The highest BCUT2D eigenvalue weighted by atomic mass is 127. The van der Waals surface area contributed by atoms with Gasteiger partial charge in [0.1, 0.15) is 11.5 Å². The van der Waals surface area contributed by atoms with E-state index in [0.717, 1.165) is 40.0 Å². The van der Waals surface area contributed by atoms with Gasteiger partial charge in [-0.25, -0.2) is 14.4 Å². The molecule has 5 nitrogen and oxygen atoms in total. The third kappa shape index (κ3) is 4.84. The fraction of sp³-hybridized carbons (Fsp3) is 0.190. The average Bonchev–Trinajstić information content (AvgIpc) is 3.09. The Hall–Kier alpha value is -2.26. The summed E-state index contributed by atoms with van der Waals surface area (Å²) in [6, 6.07) is 9.49. The van der Waals surface area contributed by atoms with E-state index in [4.69, 9.17) is 11.6 Å². The van der Waals surface area contributed by atoms with Gasteiger partial charge in [-0.05, 0) is 64.4 Å². The van der Waals surface area contributed by atoms with Gasteiger partial charge in [0.2, 0.25) is 0 Å². The number of fused-ring (bicyclic) bond motifs is 1. The van der Waals surface area contributed by atoms with Gasteiger partial charge in [0.05, 0.1) is 10.7 Å². The van der Waals surface area contributed by atoms with Gasteiger partial charge in [0.25, 0.3) is 0 Å². The minimum Gasteiger partial charge on any atom is -0.366 e. The summed E-state index contributed by atoms with van der Waals surface area (Å²) in [5.74, 6) is 0.769. The van der Waals surface area contributed by atoms with E-state index in [2.05, 4.69) is 25.3 Å². The van der Waals surface area contributed by atoms with Crippen LogP contribution < -0.4 is 5.32 Å². The first kappa shape index (κ1) is 20.0. The van der Waals surface area contributed by atoms with Crippen molar-refractivity contribution in [2.75, 3.05) is 5.32 Å². The van der Waals surface area contributed by atoms with E-state index in [1.165, 1.54) is 6.92 Å². The number of halogens is 3. The molecule has 0 radical (unpaired) electrons. The Morgan fingerprint density at radius 1 is 1.10 bits per heavy atom. The molecule has 0 saturated carbocycles. The average molecular weight is 522 g/mol. The fourth-order valence-corrected chi connectivity index (χ4v) is 3.49. The van der Waals surface area contributed by atoms with E-state index in [1.54, 1.807) is 41.1 Å². The lowest BCUT2D eigenvalue weighted by Gasteiger charge is -2.12. The van der Waals surface area contributed by atoms with Gasteiger partial charge < -0.3 is 10.3 Å². The number of rotatable bonds is 6. The Bertz CT molecular complexity index is 1120. The second kappa shape index (κ2) is 8.23. The summed E-state index contributed by atoms with van der Waals surface area (Å²) in [4.78, 5) is 16.1. The van der Waals surface area contributed by atoms with Crippen LogP contribution in [-0.4, -0.2) is 19.9 Å². The van der Waals surface area contributed by atoms with Crippen LogP contribution in [0.25, 0.3) is 11.0 Å². The number of anilines is 1. The molecule has 4 rings (SSSR count). The highest BCUT2D eigenvalue weighted by molar-refractivity contribution is 14.1. The molecule has 4 aromatic heterocycles. The van der Waals surface area contributed by atoms with Crippen molar-refractivity contribution in [1.29, 1.82) is 0 Å². The summed E-state index contributed by atoms with van der Waals surface area (Å²) in [5.41, 5.74) is 4.41. The molecule has 0 bridgehead atoms. The number of hydrogen-bond acceptors (Lipinski definition) is 4. The van der Waals surface area contributed by atoms with E-state index in [9.17, 15) is 4.39 Å². The Morgan fingerprint density at radius 2 is 1.90 bits per heavy atom. The molecule has 4 aromatic rings. The molecule has 0 amide bonds. The molecule has 1 unspecified atom stereocenters. The molecule has 0 aromatic carbocycles. The molecule has 0 aliphatic rings. The first-order valence-corrected chi connectivity index (χ1v) is 10.5. The zero-order valence-electron chi connectivity index (χ0n) is 15.6. The fourth-order valence-electron chi connectivity index (χ4n) is 3.01. The second-order valence-corrected chi connectivity index (χ2v) is 9.35. The van der Waals surface area contributed by atoms with Crippen molar-refractivity contribution >= 4 is 51.0 Å². The highest BCUT2D eigenvalue weighted by Gasteiger charge is 2.22. The van der Waals surface area contributed by atoms with Gasteiger partial charge in [-0.2, -0.15) is 0 Å². The third-order valence-corrected chi connectivity index (χ3v) is 5.31. The highest BCUT2D eigenvalue weighted by Crippen LogP contribution is 2.31. The van der Waals surface area contributed by atoms with E-state index < -0.39 is 3.68 Å². The summed E-state index contributed by atoms with van der Waals surface area (Å²) in [7, 11) is 0. The number of nitrogens with zero attached hydrogens (tertiary/aromatic N) is 3. The summed E-state index contributed by atoms with van der Waals surface area (Å²) in [6.07, 6.45) is 7.86. The molecule has 0 aliphatic carbocycles. The maximum atomic E-state index is 13.9. The van der Waals surface area contributed by atoms with Crippen LogP contribution in [0.4, 0.5) is 10.2 Å². The standard InChI is InChI=1S/C21H18ClFIN5/c1-21(23,24)18-4-2-14(9-25-18)10-27-19-5-3-13(8-26-19)6-15-11-28-20-17(15)7-16(22)12-29-20/h2-5,7-9,11-12H,6,10H2,1H3,(H,26,27)(H,28,29). The minimum atomic E-state index is -1.46. The minimum absolute atomic E-state index is 0.415. The van der Waals surface area contributed by atoms with Crippen molar-refractivity contribution in [2.45, 2.75) is 23.6 Å². The molecule has 8 heteroatoms. The lowest BCUT2D eigenvalue weighted by molar-refractivity contribution is 0.341. The molecule has 29 heavy (non-hydrogen) atoms. The quantitative estimate of drug-likeness (QED) is 0.249. The first-order chi connectivity index (χ1) is 13.9. The van der Waals surface area contributed by atoms with Crippen molar-refractivity contribution in [3.05, 3.63) is 82.5 Å². The number of hydrogen-bond donors (Lipinski definition) is 2. The van der Waals surface area contributed by atoms with Crippen LogP contribution in [0.2, 0.25) is 5.02 Å². The van der Waals surface area contributed by atoms with Crippen molar-refractivity contribution in [3.8, 4) is 0 Å². The van der Waals surface area contributed by atoms with Crippen molar-refractivity contribution in [1.82, 2.24) is 19.9 Å². The smallest absolute Gasteiger partial charge is 0.199 e. The van der Waals surface area contributed by atoms with Crippen LogP contribution >= 0.6 is 34.2 Å². The Labute approximate surface area is 186 Å². The normalized spacial score (nSPS) is 13.4. The predicted octanol–water partition coefficient (Wildman–Crippen LogP) is 5.79. The van der Waals surface area contributed by atoms with Gasteiger partial charge in [0.15, 0.2) is 3.68 Å². The Kier molecular flexibility index (Phi) is 5.69. The zero-order chi connectivity index (χ0) is 20.4. The topological polar surface area (TPSA) is 66.5 Å². The number of alkyl halides is 2. The molecule has 1 atom stereocenters. The molecule has 148 valence electrons.